The zero-order chi connectivity index (χ0) is 18.6. The Kier molecular flexibility index (Phi) is 6.16. The highest BCUT2D eigenvalue weighted by Crippen LogP contribution is 2.47. The molecule has 2 saturated heterocycles. The third-order valence-electron chi connectivity index (χ3n) is 6.20. The molecule has 0 aliphatic carbocycles. The van der Waals surface area contributed by atoms with Crippen molar-refractivity contribution in [2.45, 2.75) is 45.6 Å². The number of benzene rings is 2. The molecule has 2 heterocycles. The van der Waals surface area contributed by atoms with E-state index in [-0.39, 0.29) is 0 Å². The molecule has 0 spiro atoms. The van der Waals surface area contributed by atoms with E-state index in [9.17, 15) is 5.11 Å². The molecule has 4 unspecified atom stereocenters. The molecular formula is C24H33NO. The van der Waals surface area contributed by atoms with E-state index >= 15 is 0 Å². The van der Waals surface area contributed by atoms with E-state index in [4.69, 9.17) is 0 Å². The van der Waals surface area contributed by atoms with E-state index in [2.05, 4.69) is 66.4 Å². The van der Waals surface area contributed by atoms with Crippen molar-refractivity contribution in [3.63, 3.8) is 0 Å². The maximum Gasteiger partial charge on any atom is 0.0945 e. The van der Waals surface area contributed by atoms with Gasteiger partial charge in [0.15, 0.2) is 0 Å². The molecule has 4 rings (SSSR count). The van der Waals surface area contributed by atoms with E-state index < -0.39 is 5.60 Å². The molecule has 0 aromatic heterocycles. The Balaban J connectivity index is 0.000000948. The Bertz CT molecular complexity index is 698. The fourth-order valence-corrected chi connectivity index (χ4v) is 4.88. The fourth-order valence-electron chi connectivity index (χ4n) is 4.88. The number of piperidine rings is 1. The summed E-state index contributed by atoms with van der Waals surface area (Å²) in [4.78, 5) is 2.53. The highest BCUT2D eigenvalue weighted by Gasteiger charge is 2.50. The molecule has 2 aliphatic heterocycles. The number of rotatable bonds is 5. The summed E-state index contributed by atoms with van der Waals surface area (Å²) in [6, 6.07) is 19.0. The van der Waals surface area contributed by atoms with E-state index in [0.717, 1.165) is 24.9 Å². The predicted octanol–water partition coefficient (Wildman–Crippen LogP) is 4.79. The van der Waals surface area contributed by atoms with Gasteiger partial charge in [0.25, 0.3) is 0 Å². The van der Waals surface area contributed by atoms with Crippen LogP contribution >= 0.6 is 0 Å². The highest BCUT2D eigenvalue weighted by molar-refractivity contribution is 5.33. The number of fused-ring (bicyclic) bond motifs is 2. The second-order valence-electron chi connectivity index (χ2n) is 7.64. The van der Waals surface area contributed by atoms with Crippen molar-refractivity contribution in [1.82, 2.24) is 4.90 Å². The van der Waals surface area contributed by atoms with Gasteiger partial charge in [-0.3, -0.25) is 0 Å². The Labute approximate surface area is 158 Å². The van der Waals surface area contributed by atoms with Crippen LogP contribution in [0.4, 0.5) is 0 Å². The molecule has 2 aromatic carbocycles. The summed E-state index contributed by atoms with van der Waals surface area (Å²) in [7, 11) is 0. The monoisotopic (exact) mass is 351 g/mol. The van der Waals surface area contributed by atoms with Gasteiger partial charge in [-0.15, -0.1) is 0 Å². The molecule has 140 valence electrons. The zero-order valence-corrected chi connectivity index (χ0v) is 16.5. The first kappa shape index (κ1) is 19.1. The normalized spacial score (nSPS) is 26.1. The Morgan fingerprint density at radius 3 is 2.31 bits per heavy atom. The maximum absolute atomic E-state index is 11.9. The minimum absolute atomic E-state index is 0.357. The van der Waals surface area contributed by atoms with E-state index in [1.54, 1.807) is 0 Å². The largest absolute Gasteiger partial charge is 0.385 e. The van der Waals surface area contributed by atoms with Gasteiger partial charge in [0.1, 0.15) is 0 Å². The van der Waals surface area contributed by atoms with Crippen LogP contribution in [0.1, 0.15) is 43.4 Å². The van der Waals surface area contributed by atoms with Crippen molar-refractivity contribution in [2.24, 2.45) is 11.8 Å². The minimum atomic E-state index is -0.721. The van der Waals surface area contributed by atoms with Crippen molar-refractivity contribution in [3.8, 4) is 0 Å². The number of aliphatic hydroxyl groups is 1. The summed E-state index contributed by atoms with van der Waals surface area (Å²) in [5.74, 6) is 1.00. The van der Waals surface area contributed by atoms with Crippen LogP contribution in [0, 0.1) is 18.8 Å². The van der Waals surface area contributed by atoms with Crippen molar-refractivity contribution >= 4 is 0 Å². The third kappa shape index (κ3) is 3.72. The fraction of sp³-hybridized carbons (Fsp3) is 0.500. The van der Waals surface area contributed by atoms with Crippen LogP contribution in [0.25, 0.3) is 0 Å². The molecule has 2 fully saturated rings. The lowest BCUT2D eigenvalue weighted by Gasteiger charge is -2.40. The molecule has 2 bridgehead atoms. The molecule has 0 saturated carbocycles. The predicted molar refractivity (Wildman–Crippen MR) is 109 cm³/mol. The Hall–Kier alpha value is -1.64. The molecular weight excluding hydrogens is 318 g/mol. The second-order valence-corrected chi connectivity index (χ2v) is 7.64. The van der Waals surface area contributed by atoms with Crippen LogP contribution < -0.4 is 0 Å². The van der Waals surface area contributed by atoms with Crippen LogP contribution in [0.3, 0.4) is 0 Å². The maximum atomic E-state index is 11.9. The number of hydrogen-bond donors (Lipinski definition) is 1. The van der Waals surface area contributed by atoms with Gasteiger partial charge in [-0.2, -0.15) is 0 Å². The summed E-state index contributed by atoms with van der Waals surface area (Å²) in [5.41, 5.74) is 2.94. The zero-order valence-electron chi connectivity index (χ0n) is 16.5. The minimum Gasteiger partial charge on any atom is -0.385 e. The lowest BCUT2D eigenvalue weighted by atomic mass is 9.70. The molecule has 0 amide bonds. The first-order valence-corrected chi connectivity index (χ1v) is 10.2. The third-order valence-corrected chi connectivity index (χ3v) is 6.20. The molecule has 2 aliphatic rings. The van der Waals surface area contributed by atoms with E-state index in [1.165, 1.54) is 30.6 Å². The van der Waals surface area contributed by atoms with Crippen LogP contribution in [0.2, 0.25) is 0 Å². The topological polar surface area (TPSA) is 23.5 Å². The first-order chi connectivity index (χ1) is 12.7. The van der Waals surface area contributed by atoms with Gasteiger partial charge in [0, 0.05) is 19.0 Å². The van der Waals surface area contributed by atoms with Gasteiger partial charge >= 0.3 is 0 Å². The van der Waals surface area contributed by atoms with Gasteiger partial charge in [-0.25, -0.2) is 0 Å². The van der Waals surface area contributed by atoms with Gasteiger partial charge in [-0.05, 0) is 55.3 Å². The van der Waals surface area contributed by atoms with Crippen molar-refractivity contribution in [2.75, 3.05) is 19.6 Å². The number of aryl methyl sites for hydroxylation is 2. The lowest BCUT2D eigenvalue weighted by molar-refractivity contribution is -0.0499. The van der Waals surface area contributed by atoms with Gasteiger partial charge in [0.05, 0.1) is 5.60 Å². The summed E-state index contributed by atoms with van der Waals surface area (Å²) in [6.07, 6.45) is 2.97. The van der Waals surface area contributed by atoms with E-state index in [1.807, 2.05) is 13.8 Å². The number of hydrogen-bond acceptors (Lipinski definition) is 2. The van der Waals surface area contributed by atoms with Crippen molar-refractivity contribution in [3.05, 3.63) is 71.3 Å². The van der Waals surface area contributed by atoms with Crippen molar-refractivity contribution in [1.29, 1.82) is 0 Å². The average molecular weight is 352 g/mol. The van der Waals surface area contributed by atoms with Gasteiger partial charge in [-0.1, -0.05) is 68.4 Å². The van der Waals surface area contributed by atoms with Crippen LogP contribution in [0.15, 0.2) is 54.6 Å². The first-order valence-electron chi connectivity index (χ1n) is 10.2. The molecule has 0 radical (unpaired) electrons. The van der Waals surface area contributed by atoms with Crippen LogP contribution in [0.5, 0.6) is 0 Å². The summed E-state index contributed by atoms with van der Waals surface area (Å²) < 4.78 is 0. The SMILES string of the molecule is CC.Cc1ccccc1C(O)(CCc1ccccc1)C1CN2CCC1C2. The lowest BCUT2D eigenvalue weighted by Crippen LogP contribution is -2.43. The standard InChI is InChI=1S/C22H27NO.C2H6/c1-17-7-5-6-10-20(17)22(24,13-11-18-8-3-2-4-9-18)21-16-23-14-12-19(21)15-23;1-2/h2-10,19,21,24H,11-16H2,1H3;1-2H3. The van der Waals surface area contributed by atoms with E-state index in [0.29, 0.717) is 11.8 Å². The Morgan fingerprint density at radius 2 is 1.69 bits per heavy atom. The number of nitrogens with zero attached hydrogens (tertiary/aromatic N) is 1. The molecule has 26 heavy (non-hydrogen) atoms. The average Bonchev–Trinajstić information content (AvgIpc) is 3.33. The molecule has 1 N–H and O–H groups in total. The van der Waals surface area contributed by atoms with Crippen molar-refractivity contribution < 1.29 is 5.11 Å². The summed E-state index contributed by atoms with van der Waals surface area (Å²) in [5, 5.41) is 11.9. The summed E-state index contributed by atoms with van der Waals surface area (Å²) in [6.45, 7) is 9.56. The van der Waals surface area contributed by atoms with Crippen LogP contribution in [-0.4, -0.2) is 29.6 Å². The van der Waals surface area contributed by atoms with Gasteiger partial charge in [0.2, 0.25) is 0 Å². The van der Waals surface area contributed by atoms with Crippen LogP contribution in [-0.2, 0) is 12.0 Å². The molecule has 2 nitrogen and oxygen atoms in total. The smallest absolute Gasteiger partial charge is 0.0945 e. The van der Waals surface area contributed by atoms with Gasteiger partial charge < -0.3 is 10.0 Å². The highest BCUT2D eigenvalue weighted by atomic mass is 16.3. The quantitative estimate of drug-likeness (QED) is 0.837. The molecule has 4 atom stereocenters. The second kappa shape index (κ2) is 8.37. The molecule has 2 aromatic rings. The summed E-state index contributed by atoms with van der Waals surface area (Å²) >= 11 is 0. The Morgan fingerprint density at radius 1 is 1.00 bits per heavy atom. The molecule has 2 heteroatoms.